The van der Waals surface area contributed by atoms with Gasteiger partial charge in [0, 0.05) is 25.9 Å². The molecule has 2 aliphatic rings. The average Bonchev–Trinajstić information content (AvgIpc) is 2.89. The van der Waals surface area contributed by atoms with Crippen LogP contribution >= 0.6 is 0 Å². The number of hydrogen-bond acceptors (Lipinski definition) is 3. The van der Waals surface area contributed by atoms with Crippen LogP contribution in [0.25, 0.3) is 0 Å². The lowest BCUT2D eigenvalue weighted by Gasteiger charge is -2.35. The van der Waals surface area contributed by atoms with Crippen molar-refractivity contribution in [1.82, 2.24) is 0 Å². The molecule has 104 valence electrons. The molecule has 0 N–H and O–H groups in total. The first kappa shape index (κ1) is 14.3. The van der Waals surface area contributed by atoms with Crippen LogP contribution < -0.4 is 0 Å². The predicted octanol–water partition coefficient (Wildman–Crippen LogP) is 3.39. The van der Waals surface area contributed by atoms with Crippen molar-refractivity contribution in [3.63, 3.8) is 0 Å². The fourth-order valence-electron chi connectivity index (χ4n) is 3.44. The maximum Gasteiger partial charge on any atom is 0.501 e. The summed E-state index contributed by atoms with van der Waals surface area (Å²) in [5.74, 6) is 0.793. The van der Waals surface area contributed by atoms with Crippen LogP contribution in [0, 0.1) is 11.3 Å². The molecule has 0 amide bonds. The zero-order valence-corrected chi connectivity index (χ0v) is 12.9. The molecule has 3 nitrogen and oxygen atoms in total. The highest BCUT2D eigenvalue weighted by molar-refractivity contribution is 6.61. The topological polar surface area (TPSA) is 27.7 Å². The molecule has 0 aromatic rings. The number of hydrogen-bond donors (Lipinski definition) is 0. The minimum absolute atomic E-state index is 0.302. The van der Waals surface area contributed by atoms with Crippen LogP contribution in [0.1, 0.15) is 40.0 Å². The Morgan fingerprint density at radius 2 is 1.72 bits per heavy atom. The van der Waals surface area contributed by atoms with Crippen LogP contribution in [0.2, 0.25) is 6.04 Å². The van der Waals surface area contributed by atoms with Gasteiger partial charge in [0.05, 0.1) is 0 Å². The fraction of sp³-hybridized carbons (Fsp3) is 0.857. The normalized spacial score (nSPS) is 30.3. The molecule has 2 unspecified atom stereocenters. The summed E-state index contributed by atoms with van der Waals surface area (Å²) in [6.07, 6.45) is 8.66. The summed E-state index contributed by atoms with van der Waals surface area (Å²) in [6.45, 7) is 8.11. The third-order valence-corrected chi connectivity index (χ3v) is 7.39. The second-order valence-electron chi connectivity index (χ2n) is 5.38. The van der Waals surface area contributed by atoms with Crippen molar-refractivity contribution in [2.45, 2.75) is 46.1 Å². The van der Waals surface area contributed by atoms with Gasteiger partial charge in [-0.2, -0.15) is 0 Å². The second-order valence-corrected chi connectivity index (χ2v) is 7.97. The van der Waals surface area contributed by atoms with E-state index in [1.165, 1.54) is 19.3 Å². The van der Waals surface area contributed by atoms with Crippen LogP contribution in [0.5, 0.6) is 0 Å². The first-order chi connectivity index (χ1) is 8.67. The quantitative estimate of drug-likeness (QED) is 0.500. The van der Waals surface area contributed by atoms with E-state index >= 15 is 0 Å². The lowest BCUT2D eigenvalue weighted by Crippen LogP contribution is -2.49. The molecule has 1 fully saturated rings. The minimum atomic E-state index is -2.48. The Kier molecular flexibility index (Phi) is 4.64. The summed E-state index contributed by atoms with van der Waals surface area (Å²) in [6, 6.07) is 0.961. The van der Waals surface area contributed by atoms with Gasteiger partial charge in [0.25, 0.3) is 0 Å². The monoisotopic (exact) mass is 270 g/mol. The van der Waals surface area contributed by atoms with Crippen molar-refractivity contribution in [1.29, 1.82) is 0 Å². The maximum absolute atomic E-state index is 5.98. The number of rotatable bonds is 8. The highest BCUT2D eigenvalue weighted by Gasteiger charge is 2.52. The van der Waals surface area contributed by atoms with Gasteiger partial charge in [-0.15, -0.1) is 0 Å². The molecule has 0 heterocycles. The van der Waals surface area contributed by atoms with Crippen molar-refractivity contribution in [3.05, 3.63) is 12.2 Å². The minimum Gasteiger partial charge on any atom is -0.374 e. The van der Waals surface area contributed by atoms with Gasteiger partial charge in [0.15, 0.2) is 0 Å². The lowest BCUT2D eigenvalue weighted by molar-refractivity contribution is 0.0630. The molecular weight excluding hydrogens is 244 g/mol. The van der Waals surface area contributed by atoms with E-state index in [0.717, 1.165) is 12.0 Å². The Hall–Kier alpha value is -0.163. The van der Waals surface area contributed by atoms with Crippen LogP contribution in [-0.4, -0.2) is 28.6 Å². The predicted molar refractivity (Wildman–Crippen MR) is 74.4 cm³/mol. The Balaban J connectivity index is 2.10. The third-order valence-electron chi connectivity index (χ3n) is 4.06. The molecular formula is C14H26O3Si. The van der Waals surface area contributed by atoms with E-state index in [2.05, 4.69) is 12.2 Å². The molecule has 2 rings (SSSR count). The molecule has 0 saturated heterocycles. The third kappa shape index (κ3) is 2.87. The lowest BCUT2D eigenvalue weighted by atomic mass is 9.90. The van der Waals surface area contributed by atoms with E-state index in [1.807, 2.05) is 20.8 Å². The Bertz CT molecular complexity index is 288. The van der Waals surface area contributed by atoms with Gasteiger partial charge in [-0.05, 0) is 51.4 Å². The summed E-state index contributed by atoms with van der Waals surface area (Å²) >= 11 is 0. The maximum atomic E-state index is 5.98. The Morgan fingerprint density at radius 1 is 1.11 bits per heavy atom. The summed E-state index contributed by atoms with van der Waals surface area (Å²) < 4.78 is 17.9. The average molecular weight is 270 g/mol. The van der Waals surface area contributed by atoms with Gasteiger partial charge in [0.1, 0.15) is 0 Å². The molecule has 0 aromatic heterocycles. The van der Waals surface area contributed by atoms with Gasteiger partial charge in [0.2, 0.25) is 0 Å². The van der Waals surface area contributed by atoms with Crippen molar-refractivity contribution >= 4 is 8.80 Å². The molecule has 0 spiro atoms. The number of allylic oxidation sites excluding steroid dienone is 2. The Morgan fingerprint density at radius 3 is 2.06 bits per heavy atom. The van der Waals surface area contributed by atoms with Gasteiger partial charge in [-0.25, -0.2) is 0 Å². The van der Waals surface area contributed by atoms with E-state index in [1.54, 1.807) is 0 Å². The van der Waals surface area contributed by atoms with Crippen LogP contribution in [0.3, 0.4) is 0 Å². The largest absolute Gasteiger partial charge is 0.501 e. The van der Waals surface area contributed by atoms with E-state index in [0.29, 0.717) is 25.2 Å². The smallest absolute Gasteiger partial charge is 0.374 e. The van der Waals surface area contributed by atoms with E-state index in [9.17, 15) is 0 Å². The standard InChI is InChI=1S/C14H26O3Si/c1-4-15-18(16-5-2,17-6-3)12-14-9-7-13(11-14)8-10-14/h7,9,13H,4-6,8,10-12H2,1-3H3. The molecule has 0 aliphatic heterocycles. The summed E-state index contributed by atoms with van der Waals surface area (Å²) in [7, 11) is -2.48. The SMILES string of the molecule is CCO[Si](CC12C=CC(CC1)C2)(OCC)OCC. The van der Waals surface area contributed by atoms with Gasteiger partial charge in [-0.3, -0.25) is 0 Å². The highest BCUT2D eigenvalue weighted by atomic mass is 28.4. The van der Waals surface area contributed by atoms with E-state index in [4.69, 9.17) is 13.3 Å². The number of fused-ring (bicyclic) bond motifs is 2. The molecule has 0 radical (unpaired) electrons. The van der Waals surface area contributed by atoms with Gasteiger partial charge >= 0.3 is 8.80 Å². The highest BCUT2D eigenvalue weighted by Crippen LogP contribution is 2.53. The molecule has 2 bridgehead atoms. The van der Waals surface area contributed by atoms with Gasteiger partial charge in [-0.1, -0.05) is 12.2 Å². The summed E-state index contributed by atoms with van der Waals surface area (Å²) in [5.41, 5.74) is 0.302. The van der Waals surface area contributed by atoms with Crippen LogP contribution in [0.4, 0.5) is 0 Å². The van der Waals surface area contributed by atoms with Crippen molar-refractivity contribution in [2.24, 2.45) is 11.3 Å². The van der Waals surface area contributed by atoms with Gasteiger partial charge < -0.3 is 13.3 Å². The zero-order valence-electron chi connectivity index (χ0n) is 11.9. The van der Waals surface area contributed by atoms with Crippen molar-refractivity contribution in [2.75, 3.05) is 19.8 Å². The fourth-order valence-corrected chi connectivity index (χ4v) is 6.62. The molecule has 4 heteroatoms. The van der Waals surface area contributed by atoms with Crippen LogP contribution in [0.15, 0.2) is 12.2 Å². The van der Waals surface area contributed by atoms with Crippen molar-refractivity contribution in [3.8, 4) is 0 Å². The van der Waals surface area contributed by atoms with E-state index < -0.39 is 8.80 Å². The molecule has 0 aromatic carbocycles. The second kappa shape index (κ2) is 5.86. The first-order valence-electron chi connectivity index (χ1n) is 7.29. The molecule has 2 atom stereocenters. The molecule has 18 heavy (non-hydrogen) atoms. The summed E-state index contributed by atoms with van der Waals surface area (Å²) in [5, 5.41) is 0. The van der Waals surface area contributed by atoms with Crippen LogP contribution in [-0.2, 0) is 13.3 Å². The molecule has 1 saturated carbocycles. The first-order valence-corrected chi connectivity index (χ1v) is 9.22. The molecule has 2 aliphatic carbocycles. The zero-order chi connectivity index (χ0) is 13.1. The Labute approximate surface area is 112 Å². The summed E-state index contributed by atoms with van der Waals surface area (Å²) in [4.78, 5) is 0. The van der Waals surface area contributed by atoms with E-state index in [-0.39, 0.29) is 0 Å². The van der Waals surface area contributed by atoms with Crippen molar-refractivity contribution < 1.29 is 13.3 Å².